The van der Waals surface area contributed by atoms with Gasteiger partial charge in [0.2, 0.25) is 5.91 Å². The minimum atomic E-state index is -0.803. The van der Waals surface area contributed by atoms with Crippen LogP contribution >= 0.6 is 0 Å². The van der Waals surface area contributed by atoms with E-state index in [1.54, 1.807) is 0 Å². The summed E-state index contributed by atoms with van der Waals surface area (Å²) in [6, 6.07) is 0. The lowest BCUT2D eigenvalue weighted by molar-refractivity contribution is -0.132. The third-order valence-corrected chi connectivity index (χ3v) is 4.85. The van der Waals surface area contributed by atoms with Gasteiger partial charge in [-0.2, -0.15) is 0 Å². The molecule has 1 amide bonds. The SMILES string of the molecule is CCC1NC(C)(CC)C(=O)N1CCS(=O)CC. The number of hydrogen-bond donors (Lipinski definition) is 1. The molecular formula is C12H24N2O2S. The predicted octanol–water partition coefficient (Wildman–Crippen LogP) is 1.09. The minimum absolute atomic E-state index is 0.0984. The van der Waals surface area contributed by atoms with Gasteiger partial charge in [0.05, 0.1) is 11.7 Å². The smallest absolute Gasteiger partial charge is 0.243 e. The lowest BCUT2D eigenvalue weighted by Crippen LogP contribution is -2.43. The zero-order valence-electron chi connectivity index (χ0n) is 11.3. The van der Waals surface area contributed by atoms with Crippen LogP contribution in [-0.4, -0.2) is 44.8 Å². The van der Waals surface area contributed by atoms with E-state index in [0.717, 1.165) is 12.8 Å². The Balaban J connectivity index is 2.69. The minimum Gasteiger partial charge on any atom is -0.325 e. The van der Waals surface area contributed by atoms with Gasteiger partial charge in [0.25, 0.3) is 0 Å². The highest BCUT2D eigenvalue weighted by atomic mass is 32.2. The van der Waals surface area contributed by atoms with E-state index >= 15 is 0 Å². The Kier molecular flexibility index (Phi) is 5.13. The zero-order valence-corrected chi connectivity index (χ0v) is 12.1. The molecule has 0 radical (unpaired) electrons. The van der Waals surface area contributed by atoms with Crippen LogP contribution < -0.4 is 5.32 Å². The Labute approximate surface area is 107 Å². The third-order valence-electron chi connectivity index (χ3n) is 3.57. The summed E-state index contributed by atoms with van der Waals surface area (Å²) >= 11 is 0. The summed E-state index contributed by atoms with van der Waals surface area (Å²) in [6.45, 7) is 8.55. The Morgan fingerprint density at radius 2 is 2.06 bits per heavy atom. The fourth-order valence-corrected chi connectivity index (χ4v) is 2.83. The van der Waals surface area contributed by atoms with Crippen LogP contribution in [0.15, 0.2) is 0 Å². The maximum Gasteiger partial charge on any atom is 0.243 e. The Hall–Kier alpha value is -0.420. The van der Waals surface area contributed by atoms with Gasteiger partial charge in [-0.15, -0.1) is 0 Å². The van der Waals surface area contributed by atoms with Crippen LogP contribution in [0.1, 0.15) is 40.5 Å². The van der Waals surface area contributed by atoms with Gasteiger partial charge in [-0.3, -0.25) is 14.3 Å². The van der Waals surface area contributed by atoms with Gasteiger partial charge in [0.1, 0.15) is 0 Å². The monoisotopic (exact) mass is 260 g/mol. The maximum atomic E-state index is 12.3. The number of nitrogens with one attached hydrogen (secondary N) is 1. The highest BCUT2D eigenvalue weighted by molar-refractivity contribution is 7.84. The van der Waals surface area contributed by atoms with Gasteiger partial charge in [-0.05, 0) is 19.8 Å². The molecule has 0 aromatic carbocycles. The van der Waals surface area contributed by atoms with Crippen molar-refractivity contribution in [2.75, 3.05) is 18.1 Å². The molecule has 1 N–H and O–H groups in total. The first-order chi connectivity index (χ1) is 7.98. The molecule has 1 aliphatic heterocycles. The molecule has 0 aliphatic carbocycles. The lowest BCUT2D eigenvalue weighted by Gasteiger charge is -2.22. The van der Waals surface area contributed by atoms with E-state index in [2.05, 4.69) is 12.2 Å². The van der Waals surface area contributed by atoms with E-state index in [9.17, 15) is 9.00 Å². The summed E-state index contributed by atoms with van der Waals surface area (Å²) < 4.78 is 11.5. The summed E-state index contributed by atoms with van der Waals surface area (Å²) in [6.07, 6.45) is 1.77. The highest BCUT2D eigenvalue weighted by Gasteiger charge is 2.45. The molecule has 4 nitrogen and oxygen atoms in total. The van der Waals surface area contributed by atoms with Crippen LogP contribution in [0, 0.1) is 0 Å². The number of rotatable bonds is 6. The van der Waals surface area contributed by atoms with E-state index in [1.165, 1.54) is 0 Å². The zero-order chi connectivity index (χ0) is 13.1. The molecule has 100 valence electrons. The molecule has 0 aromatic rings. The molecule has 0 aromatic heterocycles. The van der Waals surface area contributed by atoms with E-state index in [1.807, 2.05) is 25.7 Å². The van der Waals surface area contributed by atoms with Crippen molar-refractivity contribution in [2.45, 2.75) is 52.2 Å². The second-order valence-corrected chi connectivity index (χ2v) is 6.55. The Bertz CT molecular complexity index is 309. The van der Waals surface area contributed by atoms with Crippen molar-refractivity contribution < 1.29 is 9.00 Å². The molecule has 1 rings (SSSR count). The molecule has 3 atom stereocenters. The molecule has 0 spiro atoms. The fourth-order valence-electron chi connectivity index (χ4n) is 2.14. The van der Waals surface area contributed by atoms with E-state index in [4.69, 9.17) is 0 Å². The first-order valence-electron chi connectivity index (χ1n) is 6.42. The maximum absolute atomic E-state index is 12.3. The molecule has 17 heavy (non-hydrogen) atoms. The van der Waals surface area contributed by atoms with Crippen LogP contribution in [0.4, 0.5) is 0 Å². The quantitative estimate of drug-likeness (QED) is 0.778. The molecule has 3 unspecified atom stereocenters. The summed E-state index contributed by atoms with van der Waals surface area (Å²) in [5.41, 5.74) is -0.436. The van der Waals surface area contributed by atoms with Gasteiger partial charge in [0.15, 0.2) is 0 Å². The molecule has 1 heterocycles. The van der Waals surface area contributed by atoms with Gasteiger partial charge >= 0.3 is 0 Å². The molecule has 0 saturated carbocycles. The average molecular weight is 260 g/mol. The fraction of sp³-hybridized carbons (Fsp3) is 0.917. The van der Waals surface area contributed by atoms with Gasteiger partial charge in [0, 0.05) is 28.9 Å². The van der Waals surface area contributed by atoms with E-state index < -0.39 is 16.3 Å². The van der Waals surface area contributed by atoms with Gasteiger partial charge < -0.3 is 4.90 Å². The van der Waals surface area contributed by atoms with Crippen LogP contribution in [0.5, 0.6) is 0 Å². The standard InChI is InChI=1S/C12H24N2O2S/c1-5-10-13-12(4,6-2)11(15)14(10)8-9-17(16)7-3/h10,13H,5-9H2,1-4H3. The molecule has 1 saturated heterocycles. The second kappa shape index (κ2) is 5.96. The van der Waals surface area contributed by atoms with Crippen molar-refractivity contribution in [2.24, 2.45) is 0 Å². The first-order valence-corrected chi connectivity index (χ1v) is 7.91. The summed E-state index contributed by atoms with van der Waals surface area (Å²) in [4.78, 5) is 14.2. The van der Waals surface area contributed by atoms with Crippen molar-refractivity contribution >= 4 is 16.7 Å². The number of carbonyl (C=O) groups excluding carboxylic acids is 1. The number of hydrogen-bond acceptors (Lipinski definition) is 3. The normalized spacial score (nSPS) is 30.9. The Morgan fingerprint density at radius 1 is 1.41 bits per heavy atom. The van der Waals surface area contributed by atoms with Crippen LogP contribution in [-0.2, 0) is 15.6 Å². The van der Waals surface area contributed by atoms with Crippen molar-refractivity contribution in [3.05, 3.63) is 0 Å². The summed E-state index contributed by atoms with van der Waals surface area (Å²) in [5.74, 6) is 1.40. The molecule has 1 fully saturated rings. The second-order valence-electron chi connectivity index (χ2n) is 4.69. The molecule has 1 aliphatic rings. The number of carbonyl (C=O) groups is 1. The highest BCUT2D eigenvalue weighted by Crippen LogP contribution is 2.24. The van der Waals surface area contributed by atoms with Crippen LogP contribution in [0.3, 0.4) is 0 Å². The van der Waals surface area contributed by atoms with Gasteiger partial charge in [-0.25, -0.2) is 0 Å². The largest absolute Gasteiger partial charge is 0.325 e. The van der Waals surface area contributed by atoms with Crippen LogP contribution in [0.2, 0.25) is 0 Å². The molecule has 0 bridgehead atoms. The first kappa shape index (κ1) is 14.6. The summed E-state index contributed by atoms with van der Waals surface area (Å²) in [7, 11) is -0.803. The summed E-state index contributed by atoms with van der Waals surface area (Å²) in [5, 5.41) is 3.39. The Morgan fingerprint density at radius 3 is 2.53 bits per heavy atom. The van der Waals surface area contributed by atoms with Crippen molar-refractivity contribution in [1.82, 2.24) is 10.2 Å². The van der Waals surface area contributed by atoms with Crippen molar-refractivity contribution in [3.63, 3.8) is 0 Å². The van der Waals surface area contributed by atoms with E-state index in [-0.39, 0.29) is 12.1 Å². The third kappa shape index (κ3) is 3.07. The predicted molar refractivity (Wildman–Crippen MR) is 71.2 cm³/mol. The van der Waals surface area contributed by atoms with Crippen molar-refractivity contribution in [3.8, 4) is 0 Å². The lowest BCUT2D eigenvalue weighted by atomic mass is 9.99. The number of nitrogens with zero attached hydrogens (tertiary/aromatic N) is 1. The van der Waals surface area contributed by atoms with Crippen molar-refractivity contribution in [1.29, 1.82) is 0 Å². The molecular weight excluding hydrogens is 236 g/mol. The topological polar surface area (TPSA) is 49.4 Å². The van der Waals surface area contributed by atoms with Gasteiger partial charge in [-0.1, -0.05) is 20.8 Å². The molecule has 5 heteroatoms. The van der Waals surface area contributed by atoms with E-state index in [0.29, 0.717) is 18.1 Å². The number of amides is 1. The van der Waals surface area contributed by atoms with Crippen LogP contribution in [0.25, 0.3) is 0 Å². The average Bonchev–Trinajstić information content (AvgIpc) is 2.59.